The van der Waals surface area contributed by atoms with Crippen LogP contribution >= 0.6 is 0 Å². The van der Waals surface area contributed by atoms with Gasteiger partial charge in [0.1, 0.15) is 34.0 Å². The molecule has 27 aromatic rings. The second-order valence-corrected chi connectivity index (χ2v) is 33.6. The van der Waals surface area contributed by atoms with Crippen LogP contribution in [0.2, 0.25) is 0 Å². The molecule has 0 saturated carbocycles. The molecule has 0 aliphatic carbocycles. The quantitative estimate of drug-likeness (QED) is 0.0935. The first-order valence-corrected chi connectivity index (χ1v) is 45.4. The Labute approximate surface area is 789 Å². The number of pyridine rings is 7. The predicted molar refractivity (Wildman–Crippen MR) is 550 cm³/mol. The zero-order valence-electron chi connectivity index (χ0n) is 73.7. The van der Waals surface area contributed by atoms with Crippen LogP contribution in [0.25, 0.3) is 251 Å². The number of hydrogen-bond acceptors (Lipinski definition) is 15. The van der Waals surface area contributed by atoms with Crippen LogP contribution in [0, 0.1) is 0 Å². The van der Waals surface area contributed by atoms with Gasteiger partial charge in [0.05, 0.1) is 72.0 Å². The van der Waals surface area contributed by atoms with E-state index >= 15 is 0 Å². The van der Waals surface area contributed by atoms with Crippen molar-refractivity contribution < 1.29 is 13.3 Å². The second-order valence-electron chi connectivity index (χ2n) is 33.6. The van der Waals surface area contributed by atoms with E-state index < -0.39 is 0 Å². The molecule has 0 fully saturated rings. The lowest BCUT2D eigenvalue weighted by atomic mass is 10.0. The molecule has 15 heterocycles. The van der Waals surface area contributed by atoms with Crippen LogP contribution in [0.15, 0.2) is 470 Å². The van der Waals surface area contributed by atoms with Crippen molar-refractivity contribution in [3.63, 3.8) is 0 Å². The van der Waals surface area contributed by atoms with E-state index in [0.717, 1.165) is 228 Å². The first-order chi connectivity index (χ1) is 68.4. The first kappa shape index (κ1) is 80.8. The fourth-order valence-electron chi connectivity index (χ4n) is 18.8. The molecule has 0 atom stereocenters. The fraction of sp³-hybridized carbons (Fsp3) is 0. The van der Waals surface area contributed by atoms with Gasteiger partial charge in [-0.05, 0) is 211 Å². The van der Waals surface area contributed by atoms with Crippen LogP contribution in [0.5, 0.6) is 0 Å². The minimum Gasteiger partial charge on any atom is -0.455 e. The standard InChI is InChI=1S/C41H26N4O.C40H25N5O.C39H24N6O/c1-2-6-30(7-3-1)39-26-31-12-15-38-40(41(31)46-39)34-8-4-5-9-37(34)45(38)33-13-10-28(11-14-33)35-24-32(27-16-20-42-21-17-27)25-36(44-35)29-18-22-43-23-19-29;1-2-7-27(8-3-1)37-24-30-13-14-36-38(39(30)46-37)32-11-4-5-12-35(32)45(36)31-10-6-9-29(23-31)34-25-33(26-15-19-41-20-16-26)43-40(44-34)28-17-21-42-22-18-28;1-2-7-25(8-3-1)34-24-28-13-14-33-35(36(28)46-34)31-11-4-5-12-32(31)45(33)30-10-6-9-29(23-30)39-43-37(26-15-19-40-20-16-26)42-38(44-39)27-17-21-41-22-18-27/h1-26H;1-25H;1-24H. The molecule has 0 spiro atoms. The number of fused-ring (bicyclic) bond motifs is 15. The van der Waals surface area contributed by atoms with Crippen molar-refractivity contribution in [1.82, 2.24) is 73.5 Å². The molecule has 648 valence electrons. The van der Waals surface area contributed by atoms with Crippen molar-refractivity contribution in [1.29, 1.82) is 0 Å². The zero-order valence-corrected chi connectivity index (χ0v) is 73.7. The van der Waals surface area contributed by atoms with Gasteiger partial charge in [0, 0.05) is 185 Å². The summed E-state index contributed by atoms with van der Waals surface area (Å²) in [5.74, 6) is 4.97. The molecule has 0 bridgehead atoms. The van der Waals surface area contributed by atoms with E-state index in [2.05, 4.69) is 280 Å². The zero-order chi connectivity index (χ0) is 91.4. The average Bonchev–Trinajstić information content (AvgIpc) is 1.58. The third-order valence-electron chi connectivity index (χ3n) is 25.3. The Hall–Kier alpha value is -19.2. The van der Waals surface area contributed by atoms with E-state index in [0.29, 0.717) is 23.3 Å². The maximum atomic E-state index is 6.59. The third kappa shape index (κ3) is 15.0. The normalized spacial score (nSPS) is 11.5. The molecule has 0 aliphatic rings. The van der Waals surface area contributed by atoms with E-state index in [9.17, 15) is 0 Å². The molecule has 0 amide bonds. The van der Waals surface area contributed by atoms with Gasteiger partial charge >= 0.3 is 0 Å². The van der Waals surface area contributed by atoms with E-state index in [1.807, 2.05) is 158 Å². The second kappa shape index (κ2) is 34.8. The summed E-state index contributed by atoms with van der Waals surface area (Å²) in [5, 5.41) is 9.98. The molecule has 12 aromatic carbocycles. The van der Waals surface area contributed by atoms with E-state index in [-0.39, 0.29) is 0 Å². The van der Waals surface area contributed by atoms with Crippen molar-refractivity contribution >= 4 is 98.3 Å². The highest BCUT2D eigenvalue weighted by Gasteiger charge is 2.25. The van der Waals surface area contributed by atoms with Crippen LogP contribution in [-0.2, 0) is 0 Å². The lowest BCUT2D eigenvalue weighted by Gasteiger charge is -2.12. The van der Waals surface area contributed by atoms with Gasteiger partial charge in [-0.15, -0.1) is 0 Å². The van der Waals surface area contributed by atoms with E-state index in [1.54, 1.807) is 62.0 Å². The van der Waals surface area contributed by atoms with E-state index in [1.165, 1.54) is 0 Å². The molecule has 0 unspecified atom stereocenters. The third-order valence-corrected chi connectivity index (χ3v) is 25.3. The topological polar surface area (TPSA) is 209 Å². The van der Waals surface area contributed by atoms with Gasteiger partial charge < -0.3 is 27.0 Å². The smallest absolute Gasteiger partial charge is 0.164 e. The summed E-state index contributed by atoms with van der Waals surface area (Å²) in [6.07, 6.45) is 21.3. The minimum atomic E-state index is 0.580. The molecule has 0 N–H and O–H groups in total. The van der Waals surface area contributed by atoms with Gasteiger partial charge in [0.25, 0.3) is 0 Å². The maximum Gasteiger partial charge on any atom is 0.164 e. The highest BCUT2D eigenvalue weighted by atomic mass is 16.3. The minimum absolute atomic E-state index is 0.580. The summed E-state index contributed by atoms with van der Waals surface area (Å²) in [6.45, 7) is 0. The monoisotopic (exact) mass is 1770 g/mol. The van der Waals surface area contributed by atoms with Crippen molar-refractivity contribution in [3.8, 4) is 153 Å². The van der Waals surface area contributed by atoms with Gasteiger partial charge in [-0.3, -0.25) is 29.9 Å². The Morgan fingerprint density at radius 1 is 0.167 bits per heavy atom. The molecule has 27 rings (SSSR count). The summed E-state index contributed by atoms with van der Waals surface area (Å²) < 4.78 is 26.7. The highest BCUT2D eigenvalue weighted by Crippen LogP contribution is 2.46. The summed E-state index contributed by atoms with van der Waals surface area (Å²) >= 11 is 0. The molecular formula is C120H75N15O3. The first-order valence-electron chi connectivity index (χ1n) is 45.4. The van der Waals surface area contributed by atoms with Crippen LogP contribution < -0.4 is 0 Å². The number of nitrogens with zero attached hydrogens (tertiary/aromatic N) is 15. The Bertz CT molecular complexity index is 8710. The van der Waals surface area contributed by atoms with Crippen molar-refractivity contribution in [2.24, 2.45) is 0 Å². The summed E-state index contributed by atoms with van der Waals surface area (Å²) in [6, 6.07) is 131. The number of aromatic nitrogens is 15. The fourth-order valence-corrected chi connectivity index (χ4v) is 18.8. The molecule has 15 aromatic heterocycles. The molecule has 0 aliphatic heterocycles. The number of furan rings is 3. The molecule has 18 nitrogen and oxygen atoms in total. The van der Waals surface area contributed by atoms with Crippen LogP contribution in [-0.4, -0.2) is 73.5 Å². The van der Waals surface area contributed by atoms with Gasteiger partial charge in [0.15, 0.2) is 23.3 Å². The van der Waals surface area contributed by atoms with Gasteiger partial charge in [-0.1, -0.05) is 182 Å². The Kier molecular flexibility index (Phi) is 20.4. The van der Waals surface area contributed by atoms with Crippen molar-refractivity contribution in [3.05, 3.63) is 457 Å². The SMILES string of the molecule is c1ccc(-c2cc3ccc4c(c5ccccc5n4-c4ccc(-c5cc(-c6ccncc6)cc(-c6ccncc6)n5)cc4)c3o2)cc1.c1ccc(-c2cc3ccc4c(c5ccccc5n4-c4cccc(-c5cc(-c6ccncc6)nc(-c6ccncc6)n5)c4)c3o2)cc1.c1ccc(-c2cc3ccc4c(c5ccccc5n4-c4cccc(-c5nc(-c6ccncc6)nc(-c6ccncc6)n5)c4)c3o2)cc1. The lowest BCUT2D eigenvalue weighted by Crippen LogP contribution is -2.01. The average molecular weight is 1780 g/mol. The molecule has 18 heteroatoms. The number of benzene rings is 12. The molecule has 0 radical (unpaired) electrons. The number of para-hydroxylation sites is 3. The summed E-state index contributed by atoms with van der Waals surface area (Å²) in [5.41, 5.74) is 28.7. The van der Waals surface area contributed by atoms with Crippen LogP contribution in [0.1, 0.15) is 0 Å². The van der Waals surface area contributed by atoms with Crippen LogP contribution in [0.4, 0.5) is 0 Å². The highest BCUT2D eigenvalue weighted by molar-refractivity contribution is 6.23. The Morgan fingerprint density at radius 2 is 0.464 bits per heavy atom. The molecule has 138 heavy (non-hydrogen) atoms. The predicted octanol–water partition coefficient (Wildman–Crippen LogP) is 29.3. The Morgan fingerprint density at radius 3 is 0.855 bits per heavy atom. The van der Waals surface area contributed by atoms with Gasteiger partial charge in [-0.2, -0.15) is 0 Å². The largest absolute Gasteiger partial charge is 0.455 e. The maximum absolute atomic E-state index is 6.59. The molecule has 0 saturated heterocycles. The lowest BCUT2D eigenvalue weighted by molar-refractivity contribution is 0.635. The van der Waals surface area contributed by atoms with Crippen molar-refractivity contribution in [2.45, 2.75) is 0 Å². The summed E-state index contributed by atoms with van der Waals surface area (Å²) in [4.78, 5) is 54.8. The van der Waals surface area contributed by atoms with E-state index in [4.69, 9.17) is 43.2 Å². The number of hydrogen-bond donors (Lipinski definition) is 0. The van der Waals surface area contributed by atoms with Gasteiger partial charge in [0.2, 0.25) is 0 Å². The van der Waals surface area contributed by atoms with Gasteiger partial charge in [-0.25, -0.2) is 29.9 Å². The van der Waals surface area contributed by atoms with Crippen molar-refractivity contribution in [2.75, 3.05) is 0 Å². The Balaban J connectivity index is 0.000000110. The molecular weight excluding hydrogens is 1700 g/mol. The summed E-state index contributed by atoms with van der Waals surface area (Å²) in [7, 11) is 0. The number of rotatable bonds is 15. The van der Waals surface area contributed by atoms with Crippen LogP contribution in [0.3, 0.4) is 0 Å².